The van der Waals surface area contributed by atoms with Crippen molar-refractivity contribution in [1.29, 1.82) is 0 Å². The van der Waals surface area contributed by atoms with Crippen molar-refractivity contribution in [1.82, 2.24) is 5.32 Å². The van der Waals surface area contributed by atoms with Gasteiger partial charge in [0.15, 0.2) is 0 Å². The number of thiocarbonyl (C=S) groups is 1. The molecule has 0 aromatic carbocycles. The maximum atomic E-state index is 5.33. The Morgan fingerprint density at radius 2 is 1.58 bits per heavy atom. The van der Waals surface area contributed by atoms with Crippen LogP contribution in [-0.4, -0.2) is 11.0 Å². The molecule has 0 aromatic heterocycles. The highest BCUT2D eigenvalue weighted by Crippen LogP contribution is 2.27. The summed E-state index contributed by atoms with van der Waals surface area (Å²) in [6, 6.07) is 0.440. The van der Waals surface area contributed by atoms with Gasteiger partial charge in [0, 0.05) is 11.5 Å². The first-order valence-corrected chi connectivity index (χ1v) is 5.00. The van der Waals surface area contributed by atoms with E-state index in [2.05, 4.69) is 46.9 Å². The van der Waals surface area contributed by atoms with Crippen LogP contribution in [0, 0.1) is 11.3 Å². The Balaban J connectivity index is 4.26. The Morgan fingerprint density at radius 1 is 1.17 bits per heavy atom. The lowest BCUT2D eigenvalue weighted by Gasteiger charge is -2.31. The van der Waals surface area contributed by atoms with Crippen molar-refractivity contribution in [2.45, 2.75) is 47.6 Å². The van der Waals surface area contributed by atoms with Gasteiger partial charge in [-0.1, -0.05) is 39.9 Å². The van der Waals surface area contributed by atoms with Crippen LogP contribution in [0.25, 0.3) is 0 Å². The molecule has 0 aliphatic heterocycles. The molecule has 0 bridgehead atoms. The van der Waals surface area contributed by atoms with Crippen LogP contribution in [0.5, 0.6) is 0 Å². The number of rotatable bonds is 3. The van der Waals surface area contributed by atoms with E-state index < -0.39 is 0 Å². The molecule has 0 saturated carbocycles. The van der Waals surface area contributed by atoms with Gasteiger partial charge >= 0.3 is 0 Å². The molecule has 2 heteroatoms. The first-order valence-electron chi connectivity index (χ1n) is 4.59. The molecule has 0 spiro atoms. The van der Waals surface area contributed by atoms with Gasteiger partial charge in [-0.05, 0) is 19.8 Å². The van der Waals surface area contributed by atoms with Gasteiger partial charge in [-0.3, -0.25) is 0 Å². The van der Waals surface area contributed by atoms with Gasteiger partial charge in [0.1, 0.15) is 0 Å². The first kappa shape index (κ1) is 11.9. The first-order chi connectivity index (χ1) is 5.28. The van der Waals surface area contributed by atoms with Gasteiger partial charge in [0.05, 0.1) is 4.99 Å². The van der Waals surface area contributed by atoms with Gasteiger partial charge in [-0.25, -0.2) is 0 Å². The molecule has 72 valence electrons. The lowest BCUT2D eigenvalue weighted by Crippen LogP contribution is -2.41. The maximum Gasteiger partial charge on any atom is 0.0815 e. The van der Waals surface area contributed by atoms with Crippen LogP contribution in [0.2, 0.25) is 0 Å². The van der Waals surface area contributed by atoms with Crippen molar-refractivity contribution in [2.75, 3.05) is 0 Å². The zero-order valence-electron chi connectivity index (χ0n) is 9.06. The van der Waals surface area contributed by atoms with Crippen LogP contribution >= 0.6 is 12.2 Å². The van der Waals surface area contributed by atoms with Crippen LogP contribution in [-0.2, 0) is 0 Å². The zero-order valence-corrected chi connectivity index (χ0v) is 9.88. The third kappa shape index (κ3) is 3.10. The Bertz CT molecular complexity index is 159. The van der Waals surface area contributed by atoms with E-state index in [-0.39, 0.29) is 5.41 Å². The Kier molecular flexibility index (Phi) is 4.18. The predicted molar refractivity (Wildman–Crippen MR) is 59.5 cm³/mol. The topological polar surface area (TPSA) is 12.0 Å². The molecule has 0 aliphatic rings. The highest BCUT2D eigenvalue weighted by molar-refractivity contribution is 7.80. The molecule has 0 aliphatic carbocycles. The molecule has 0 atom stereocenters. The van der Waals surface area contributed by atoms with E-state index >= 15 is 0 Å². The molecule has 0 unspecified atom stereocenters. The molecule has 12 heavy (non-hydrogen) atoms. The molecule has 0 radical (unpaired) electrons. The Morgan fingerprint density at radius 3 is 1.83 bits per heavy atom. The van der Waals surface area contributed by atoms with Crippen LogP contribution in [0.3, 0.4) is 0 Å². The van der Waals surface area contributed by atoms with E-state index in [1.54, 1.807) is 0 Å². The summed E-state index contributed by atoms with van der Waals surface area (Å²) < 4.78 is 0. The SMILES string of the molecule is CC(C)NC(=S)C(C)(C)C(C)C. The third-order valence-corrected chi connectivity index (χ3v) is 3.09. The van der Waals surface area contributed by atoms with Crippen LogP contribution in [0.4, 0.5) is 0 Å². The summed E-state index contributed by atoms with van der Waals surface area (Å²) >= 11 is 5.33. The van der Waals surface area contributed by atoms with Gasteiger partial charge in [-0.15, -0.1) is 0 Å². The van der Waals surface area contributed by atoms with Gasteiger partial charge < -0.3 is 5.32 Å². The fourth-order valence-corrected chi connectivity index (χ4v) is 1.18. The van der Waals surface area contributed by atoms with Crippen molar-refractivity contribution in [3.05, 3.63) is 0 Å². The van der Waals surface area contributed by atoms with Crippen LogP contribution in [0.15, 0.2) is 0 Å². The largest absolute Gasteiger partial charge is 0.377 e. The summed E-state index contributed by atoms with van der Waals surface area (Å²) in [6.07, 6.45) is 0. The number of nitrogens with one attached hydrogen (secondary N) is 1. The minimum atomic E-state index is 0.111. The Labute approximate surface area is 81.9 Å². The molecule has 0 saturated heterocycles. The van der Waals surface area contributed by atoms with Crippen molar-refractivity contribution in [3.63, 3.8) is 0 Å². The summed E-state index contributed by atoms with van der Waals surface area (Å²) in [6.45, 7) is 13.0. The molecule has 0 heterocycles. The molecule has 0 rings (SSSR count). The van der Waals surface area contributed by atoms with Crippen molar-refractivity contribution >= 4 is 17.2 Å². The van der Waals surface area contributed by atoms with Gasteiger partial charge in [0.25, 0.3) is 0 Å². The van der Waals surface area contributed by atoms with Crippen LogP contribution < -0.4 is 5.32 Å². The summed E-state index contributed by atoms with van der Waals surface area (Å²) in [5, 5.41) is 3.30. The van der Waals surface area contributed by atoms with E-state index in [9.17, 15) is 0 Å². The van der Waals surface area contributed by atoms with E-state index in [4.69, 9.17) is 12.2 Å². The van der Waals surface area contributed by atoms with Gasteiger partial charge in [-0.2, -0.15) is 0 Å². The Hall–Kier alpha value is -0.110. The third-order valence-electron chi connectivity index (χ3n) is 2.45. The monoisotopic (exact) mass is 187 g/mol. The van der Waals surface area contributed by atoms with Crippen molar-refractivity contribution in [2.24, 2.45) is 11.3 Å². The summed E-state index contributed by atoms with van der Waals surface area (Å²) in [5.74, 6) is 0.580. The van der Waals surface area contributed by atoms with Gasteiger partial charge in [0.2, 0.25) is 0 Å². The quantitative estimate of drug-likeness (QED) is 0.682. The molecular weight excluding hydrogens is 166 g/mol. The second kappa shape index (κ2) is 4.22. The summed E-state index contributed by atoms with van der Waals surface area (Å²) in [4.78, 5) is 0.979. The zero-order chi connectivity index (χ0) is 9.94. The molecule has 0 amide bonds. The average Bonchev–Trinajstić information content (AvgIpc) is 1.85. The minimum absolute atomic E-state index is 0.111. The smallest absolute Gasteiger partial charge is 0.0815 e. The van der Waals surface area contributed by atoms with E-state index in [1.807, 2.05) is 0 Å². The van der Waals surface area contributed by atoms with Crippen molar-refractivity contribution in [3.8, 4) is 0 Å². The molecule has 0 fully saturated rings. The standard InChI is InChI=1S/C10H21NS/c1-7(2)10(5,6)9(12)11-8(3)4/h7-8H,1-6H3,(H,11,12). The highest BCUT2D eigenvalue weighted by atomic mass is 32.1. The molecule has 0 aromatic rings. The van der Waals surface area contributed by atoms with E-state index in [1.165, 1.54) is 0 Å². The lowest BCUT2D eigenvalue weighted by molar-refractivity contribution is 0.358. The molecular formula is C10H21NS. The second-order valence-electron chi connectivity index (χ2n) is 4.50. The summed E-state index contributed by atoms with van der Waals surface area (Å²) in [5.41, 5.74) is 0.111. The number of hydrogen-bond acceptors (Lipinski definition) is 1. The van der Waals surface area contributed by atoms with E-state index in [0.717, 1.165) is 4.99 Å². The number of hydrogen-bond donors (Lipinski definition) is 1. The fraction of sp³-hybridized carbons (Fsp3) is 0.900. The average molecular weight is 187 g/mol. The predicted octanol–water partition coefficient (Wildman–Crippen LogP) is 2.99. The molecule has 1 N–H and O–H groups in total. The maximum absolute atomic E-state index is 5.33. The summed E-state index contributed by atoms with van der Waals surface area (Å²) in [7, 11) is 0. The normalized spacial score (nSPS) is 12.3. The lowest BCUT2D eigenvalue weighted by atomic mass is 9.81. The second-order valence-corrected chi connectivity index (χ2v) is 4.91. The van der Waals surface area contributed by atoms with Crippen LogP contribution in [0.1, 0.15) is 41.5 Å². The highest BCUT2D eigenvalue weighted by Gasteiger charge is 2.27. The molecule has 1 nitrogen and oxygen atoms in total. The fourth-order valence-electron chi connectivity index (χ4n) is 0.710. The van der Waals surface area contributed by atoms with E-state index in [0.29, 0.717) is 12.0 Å². The van der Waals surface area contributed by atoms with Crippen molar-refractivity contribution < 1.29 is 0 Å². The minimum Gasteiger partial charge on any atom is -0.377 e.